The van der Waals surface area contributed by atoms with Crippen molar-refractivity contribution in [1.29, 1.82) is 0 Å². The van der Waals surface area contributed by atoms with Crippen LogP contribution in [0.5, 0.6) is 5.75 Å². The van der Waals surface area contributed by atoms with Crippen molar-refractivity contribution in [3.63, 3.8) is 0 Å². The highest BCUT2D eigenvalue weighted by atomic mass is 35.5. The maximum atomic E-state index is 13.5. The van der Waals surface area contributed by atoms with Gasteiger partial charge in [0.15, 0.2) is 5.78 Å². The van der Waals surface area contributed by atoms with E-state index in [1.165, 1.54) is 0 Å². The van der Waals surface area contributed by atoms with Crippen LogP contribution in [0.25, 0.3) is 0 Å². The number of Topliss-reactive ketones (excluding diaryl/α,β-unsaturated/α-hetero) is 1. The molecule has 7 heteroatoms. The van der Waals surface area contributed by atoms with E-state index in [4.69, 9.17) is 32.7 Å². The summed E-state index contributed by atoms with van der Waals surface area (Å²) in [7, 11) is 0. The van der Waals surface area contributed by atoms with Crippen LogP contribution in [0.4, 0.5) is 4.79 Å². The van der Waals surface area contributed by atoms with Gasteiger partial charge in [0, 0.05) is 18.5 Å². The van der Waals surface area contributed by atoms with Gasteiger partial charge >= 0.3 is 6.09 Å². The standard InChI is InChI=1S/C22H25Cl2NO4/c1-5-6-28-17-8-16(24)15(23)7-13(17)19(26)18-12-9-22(10-14(18)22)25(11-12)20(27)29-21(2,3)4/h5,7-8,12,14,18H,1,6,9-11H2,2-4H3. The third-order valence-corrected chi connectivity index (χ3v) is 6.90. The molecule has 2 bridgehead atoms. The lowest BCUT2D eigenvalue weighted by Gasteiger charge is -2.32. The van der Waals surface area contributed by atoms with Gasteiger partial charge in [-0.15, -0.1) is 0 Å². The minimum Gasteiger partial charge on any atom is -0.489 e. The van der Waals surface area contributed by atoms with Crippen molar-refractivity contribution in [2.75, 3.05) is 13.2 Å². The van der Waals surface area contributed by atoms with Crippen molar-refractivity contribution >= 4 is 35.1 Å². The lowest BCUT2D eigenvalue weighted by atomic mass is 9.84. The summed E-state index contributed by atoms with van der Waals surface area (Å²) in [6, 6.07) is 3.18. The number of hydrogen-bond acceptors (Lipinski definition) is 4. The summed E-state index contributed by atoms with van der Waals surface area (Å²) < 4.78 is 11.3. The molecule has 1 amide bonds. The minimum atomic E-state index is -0.535. The second kappa shape index (κ2) is 6.92. The third kappa shape index (κ3) is 3.42. The van der Waals surface area contributed by atoms with Crippen molar-refractivity contribution in [3.8, 4) is 5.75 Å². The first-order valence-electron chi connectivity index (χ1n) is 9.85. The van der Waals surface area contributed by atoms with E-state index in [-0.39, 0.29) is 41.8 Å². The number of nitrogens with zero attached hydrogens (tertiary/aromatic N) is 1. The molecule has 1 spiro atoms. The molecule has 0 radical (unpaired) electrons. The molecule has 3 fully saturated rings. The van der Waals surface area contributed by atoms with E-state index >= 15 is 0 Å². The number of ether oxygens (including phenoxy) is 2. The predicted octanol–water partition coefficient (Wildman–Crippen LogP) is 5.39. The van der Waals surface area contributed by atoms with E-state index in [2.05, 4.69) is 6.58 Å². The van der Waals surface area contributed by atoms with Crippen molar-refractivity contribution in [2.45, 2.75) is 44.8 Å². The van der Waals surface area contributed by atoms with Gasteiger partial charge in [0.05, 0.1) is 21.1 Å². The second-order valence-electron chi connectivity index (χ2n) is 9.22. The Morgan fingerprint density at radius 2 is 1.97 bits per heavy atom. The van der Waals surface area contributed by atoms with Crippen molar-refractivity contribution in [3.05, 3.63) is 40.4 Å². The number of halogens is 2. The van der Waals surface area contributed by atoms with Gasteiger partial charge < -0.3 is 14.4 Å². The molecule has 4 unspecified atom stereocenters. The fraction of sp³-hybridized carbons (Fsp3) is 0.545. The summed E-state index contributed by atoms with van der Waals surface area (Å²) in [4.78, 5) is 28.0. The van der Waals surface area contributed by atoms with Crippen LogP contribution < -0.4 is 4.74 Å². The molecule has 1 heterocycles. The number of amides is 1. The maximum Gasteiger partial charge on any atom is 0.410 e. The van der Waals surface area contributed by atoms with E-state index in [0.717, 1.165) is 12.8 Å². The van der Waals surface area contributed by atoms with Crippen LogP contribution >= 0.6 is 23.2 Å². The van der Waals surface area contributed by atoms with Gasteiger partial charge in [-0.05, 0) is 51.5 Å². The summed E-state index contributed by atoms with van der Waals surface area (Å²) in [5.74, 6) is 0.571. The monoisotopic (exact) mass is 437 g/mol. The van der Waals surface area contributed by atoms with Gasteiger partial charge in [-0.3, -0.25) is 4.79 Å². The molecule has 29 heavy (non-hydrogen) atoms. The number of piperidine rings is 1. The Morgan fingerprint density at radius 3 is 2.59 bits per heavy atom. The Hall–Kier alpha value is -1.72. The number of hydrogen-bond donors (Lipinski definition) is 0. The van der Waals surface area contributed by atoms with Crippen LogP contribution in [0.15, 0.2) is 24.8 Å². The molecule has 156 valence electrons. The molecule has 1 aromatic carbocycles. The van der Waals surface area contributed by atoms with Gasteiger partial charge in [0.25, 0.3) is 0 Å². The van der Waals surface area contributed by atoms with Crippen LogP contribution in [0.2, 0.25) is 10.0 Å². The molecular formula is C22H25Cl2NO4. The molecule has 2 saturated carbocycles. The summed E-state index contributed by atoms with van der Waals surface area (Å²) in [5.41, 5.74) is -0.317. The Balaban J connectivity index is 1.56. The van der Waals surface area contributed by atoms with Gasteiger partial charge in [-0.25, -0.2) is 4.79 Å². The first-order valence-corrected chi connectivity index (χ1v) is 10.6. The van der Waals surface area contributed by atoms with Crippen molar-refractivity contribution < 1.29 is 19.1 Å². The number of likely N-dealkylation sites (tertiary alicyclic amines) is 1. The SMILES string of the molecule is C=CCOc1cc(Cl)c(Cl)cc1C(=O)C1C2CN(C(=O)OC(C)(C)C)C3(C2)CC13. The van der Waals surface area contributed by atoms with E-state index in [9.17, 15) is 9.59 Å². The average molecular weight is 438 g/mol. The molecule has 2 aliphatic carbocycles. The van der Waals surface area contributed by atoms with E-state index < -0.39 is 5.60 Å². The van der Waals surface area contributed by atoms with E-state index in [1.807, 2.05) is 25.7 Å². The molecule has 4 rings (SSSR count). The normalized spacial score (nSPS) is 29.4. The highest BCUT2D eigenvalue weighted by molar-refractivity contribution is 6.42. The van der Waals surface area contributed by atoms with Gasteiger partial charge in [0.2, 0.25) is 0 Å². The fourth-order valence-corrected chi connectivity index (χ4v) is 5.40. The average Bonchev–Trinajstić information content (AvgIpc) is 3.10. The lowest BCUT2D eigenvalue weighted by molar-refractivity contribution is 0.0137. The zero-order valence-electron chi connectivity index (χ0n) is 16.8. The molecule has 1 aliphatic heterocycles. The zero-order chi connectivity index (χ0) is 21.1. The smallest absolute Gasteiger partial charge is 0.410 e. The second-order valence-corrected chi connectivity index (χ2v) is 10.0. The first kappa shape index (κ1) is 20.5. The number of benzene rings is 1. The Labute approximate surface area is 180 Å². The van der Waals surface area contributed by atoms with Crippen LogP contribution in [-0.2, 0) is 4.74 Å². The van der Waals surface area contributed by atoms with Crippen molar-refractivity contribution in [2.24, 2.45) is 17.8 Å². The molecule has 1 saturated heterocycles. The molecule has 4 atom stereocenters. The van der Waals surface area contributed by atoms with Gasteiger partial charge in [0.1, 0.15) is 18.0 Å². The summed E-state index contributed by atoms with van der Waals surface area (Å²) in [6.07, 6.45) is 3.02. The molecule has 0 N–H and O–H groups in total. The molecular weight excluding hydrogens is 413 g/mol. The van der Waals surface area contributed by atoms with E-state index in [1.54, 1.807) is 18.2 Å². The minimum absolute atomic E-state index is 0.0147. The largest absolute Gasteiger partial charge is 0.489 e. The number of ketones is 1. The highest BCUT2D eigenvalue weighted by Gasteiger charge is 2.75. The zero-order valence-corrected chi connectivity index (χ0v) is 18.3. The van der Waals surface area contributed by atoms with Crippen LogP contribution in [0.1, 0.15) is 44.0 Å². The summed E-state index contributed by atoms with van der Waals surface area (Å²) >= 11 is 12.3. The number of rotatable bonds is 5. The number of fused-ring (bicyclic) bond motifs is 1. The van der Waals surface area contributed by atoms with Gasteiger partial charge in [-0.2, -0.15) is 0 Å². The Morgan fingerprint density at radius 1 is 1.28 bits per heavy atom. The third-order valence-electron chi connectivity index (χ3n) is 6.18. The van der Waals surface area contributed by atoms with E-state index in [0.29, 0.717) is 27.9 Å². The van der Waals surface area contributed by atoms with Gasteiger partial charge in [-0.1, -0.05) is 35.9 Å². The molecule has 1 aromatic rings. The first-order chi connectivity index (χ1) is 13.6. The molecule has 3 aliphatic rings. The lowest BCUT2D eigenvalue weighted by Crippen LogP contribution is -2.45. The topological polar surface area (TPSA) is 55.8 Å². The van der Waals surface area contributed by atoms with Crippen LogP contribution in [-0.4, -0.2) is 41.1 Å². The predicted molar refractivity (Wildman–Crippen MR) is 112 cm³/mol. The van der Waals surface area contributed by atoms with Crippen LogP contribution in [0.3, 0.4) is 0 Å². The number of carbonyl (C=O) groups excluding carboxylic acids is 2. The van der Waals surface area contributed by atoms with Crippen LogP contribution in [0, 0.1) is 17.8 Å². The fourth-order valence-electron chi connectivity index (χ4n) is 5.08. The number of carbonyl (C=O) groups is 2. The summed E-state index contributed by atoms with van der Waals surface area (Å²) in [6.45, 7) is 10.1. The molecule has 0 aromatic heterocycles. The maximum absolute atomic E-state index is 13.5. The van der Waals surface area contributed by atoms with Crippen molar-refractivity contribution in [1.82, 2.24) is 4.90 Å². The summed E-state index contributed by atoms with van der Waals surface area (Å²) in [5, 5.41) is 0.666. The highest BCUT2D eigenvalue weighted by Crippen LogP contribution is 2.69. The Bertz CT molecular complexity index is 892. The quantitative estimate of drug-likeness (QED) is 0.457. The Kier molecular flexibility index (Phi) is 4.90. The molecule has 5 nitrogen and oxygen atoms in total.